The molecule has 4 rings (SSSR count). The molecule has 1 saturated heterocycles. The molecule has 0 bridgehead atoms. The number of aromatic amines is 1. The number of fused-ring (bicyclic) bond motifs is 1. The largest absolute Gasteiger partial charge is 0.497 e. The summed E-state index contributed by atoms with van der Waals surface area (Å²) in [6.07, 6.45) is 0.982. The number of nitrogens with one attached hydrogen (secondary N) is 3. The number of benzene rings is 2. The van der Waals surface area contributed by atoms with Gasteiger partial charge >= 0.3 is 0 Å². The van der Waals surface area contributed by atoms with Crippen molar-refractivity contribution in [2.75, 3.05) is 46.5 Å². The van der Waals surface area contributed by atoms with Crippen LogP contribution in [0.15, 0.2) is 59.4 Å². The molecule has 2 heterocycles. The van der Waals surface area contributed by atoms with Gasteiger partial charge in [0.25, 0.3) is 5.56 Å². The van der Waals surface area contributed by atoms with Gasteiger partial charge in [0.15, 0.2) is 5.11 Å². The monoisotopic (exact) mass is 495 g/mol. The lowest BCUT2D eigenvalue weighted by molar-refractivity contribution is -0.908. The predicted octanol–water partition coefficient (Wildman–Crippen LogP) is 2.28. The molecule has 1 aliphatic rings. The van der Waals surface area contributed by atoms with Crippen molar-refractivity contribution in [1.29, 1.82) is 0 Å². The number of thiocarbonyl (C=S) groups is 1. The minimum atomic E-state index is -0.0922. The first-order valence-electron chi connectivity index (χ1n) is 12.2. The number of ether oxygens (including phenoxy) is 2. The van der Waals surface area contributed by atoms with E-state index in [0.29, 0.717) is 17.2 Å². The number of nitrogens with zero attached hydrogens (tertiary/aromatic N) is 1. The molecule has 1 fully saturated rings. The van der Waals surface area contributed by atoms with Crippen LogP contribution in [0.25, 0.3) is 10.9 Å². The Morgan fingerprint density at radius 3 is 2.71 bits per heavy atom. The van der Waals surface area contributed by atoms with Gasteiger partial charge in [-0.2, -0.15) is 0 Å². The summed E-state index contributed by atoms with van der Waals surface area (Å²) in [6, 6.07) is 17.9. The molecule has 3 aromatic rings. The summed E-state index contributed by atoms with van der Waals surface area (Å²) in [7, 11) is 1.64. The fourth-order valence-electron chi connectivity index (χ4n) is 4.46. The maximum atomic E-state index is 12.9. The molecular formula is C27H35N4O3S+. The maximum Gasteiger partial charge on any atom is 0.253 e. The lowest BCUT2D eigenvalue weighted by atomic mass is 10.1. The van der Waals surface area contributed by atoms with Gasteiger partial charge in [0, 0.05) is 29.4 Å². The second-order valence-electron chi connectivity index (χ2n) is 9.05. The highest BCUT2D eigenvalue weighted by molar-refractivity contribution is 7.80. The first-order chi connectivity index (χ1) is 17.0. The topological polar surface area (TPSA) is 71.0 Å². The van der Waals surface area contributed by atoms with Gasteiger partial charge < -0.3 is 29.6 Å². The van der Waals surface area contributed by atoms with Gasteiger partial charge in [-0.3, -0.25) is 4.79 Å². The molecule has 35 heavy (non-hydrogen) atoms. The Bertz CT molecular complexity index is 1180. The van der Waals surface area contributed by atoms with Crippen molar-refractivity contribution < 1.29 is 14.4 Å². The van der Waals surface area contributed by atoms with Gasteiger partial charge in [-0.1, -0.05) is 30.3 Å². The Morgan fingerprint density at radius 2 is 1.97 bits per heavy atom. The van der Waals surface area contributed by atoms with Gasteiger partial charge in [0.05, 0.1) is 39.5 Å². The Kier molecular flexibility index (Phi) is 8.74. The number of quaternary nitrogens is 1. The Hall–Kier alpha value is -2.94. The van der Waals surface area contributed by atoms with Crippen molar-refractivity contribution in [3.8, 4) is 5.75 Å². The SMILES string of the molecule is COc1ccc2[nH]c(=O)c(CN(CCC[NH+]3CCOCC3)C(=S)NC(C)c3ccccc3)cc2c1. The number of rotatable bonds is 9. The number of H-pyrrole nitrogens is 1. The van der Waals surface area contributed by atoms with E-state index in [2.05, 4.69) is 34.3 Å². The molecule has 0 aliphatic carbocycles. The molecule has 1 aromatic heterocycles. The minimum absolute atomic E-state index is 0.0650. The molecule has 3 N–H and O–H groups in total. The van der Waals surface area contributed by atoms with E-state index in [0.717, 1.165) is 62.5 Å². The lowest BCUT2D eigenvalue weighted by Crippen LogP contribution is -3.14. The van der Waals surface area contributed by atoms with Crippen LogP contribution in [0.1, 0.15) is 30.5 Å². The minimum Gasteiger partial charge on any atom is -0.497 e. The summed E-state index contributed by atoms with van der Waals surface area (Å²) in [5, 5.41) is 5.07. The van der Waals surface area contributed by atoms with Crippen LogP contribution in [0.3, 0.4) is 0 Å². The molecule has 8 heteroatoms. The van der Waals surface area contributed by atoms with E-state index in [-0.39, 0.29) is 11.6 Å². The van der Waals surface area contributed by atoms with Gasteiger partial charge in [-0.15, -0.1) is 0 Å². The average molecular weight is 496 g/mol. The number of hydrogen-bond acceptors (Lipinski definition) is 4. The van der Waals surface area contributed by atoms with Gasteiger partial charge in [0.1, 0.15) is 18.8 Å². The normalized spacial score (nSPS) is 15.0. The molecule has 0 amide bonds. The molecule has 7 nitrogen and oxygen atoms in total. The van der Waals surface area contributed by atoms with Crippen molar-refractivity contribution >= 4 is 28.2 Å². The van der Waals surface area contributed by atoms with Crippen molar-refractivity contribution in [1.82, 2.24) is 15.2 Å². The molecule has 0 radical (unpaired) electrons. The molecule has 1 atom stereocenters. The fraction of sp³-hybridized carbons (Fsp3) is 0.407. The molecule has 2 aromatic carbocycles. The molecular weight excluding hydrogens is 460 g/mol. The van der Waals surface area contributed by atoms with E-state index in [1.807, 2.05) is 42.5 Å². The van der Waals surface area contributed by atoms with E-state index in [1.54, 1.807) is 12.0 Å². The van der Waals surface area contributed by atoms with Crippen LogP contribution in [0, 0.1) is 0 Å². The summed E-state index contributed by atoms with van der Waals surface area (Å²) >= 11 is 5.86. The third kappa shape index (κ3) is 6.81. The van der Waals surface area contributed by atoms with Crippen LogP contribution < -0.4 is 20.5 Å². The molecule has 1 aliphatic heterocycles. The zero-order valence-corrected chi connectivity index (χ0v) is 21.3. The maximum absolute atomic E-state index is 12.9. The first kappa shape index (κ1) is 25.2. The summed E-state index contributed by atoms with van der Waals surface area (Å²) in [5.41, 5.74) is 2.55. The van der Waals surface area contributed by atoms with E-state index in [4.69, 9.17) is 21.7 Å². The van der Waals surface area contributed by atoms with Crippen molar-refractivity contribution in [2.45, 2.75) is 25.9 Å². The van der Waals surface area contributed by atoms with Gasteiger partial charge in [-0.05, 0) is 49.0 Å². The van der Waals surface area contributed by atoms with Crippen LogP contribution in [0.4, 0.5) is 0 Å². The number of aromatic nitrogens is 1. The highest BCUT2D eigenvalue weighted by Crippen LogP contribution is 2.19. The number of hydrogen-bond donors (Lipinski definition) is 3. The van der Waals surface area contributed by atoms with Crippen LogP contribution in [0.5, 0.6) is 5.75 Å². The smallest absolute Gasteiger partial charge is 0.253 e. The molecule has 0 spiro atoms. The summed E-state index contributed by atoms with van der Waals surface area (Å²) < 4.78 is 10.8. The van der Waals surface area contributed by atoms with Crippen molar-refractivity contribution in [3.05, 3.63) is 76.1 Å². The van der Waals surface area contributed by atoms with Gasteiger partial charge in [0.2, 0.25) is 0 Å². The predicted molar refractivity (Wildman–Crippen MR) is 143 cm³/mol. The van der Waals surface area contributed by atoms with E-state index in [1.165, 1.54) is 5.56 Å². The summed E-state index contributed by atoms with van der Waals surface area (Å²) in [6.45, 7) is 8.10. The van der Waals surface area contributed by atoms with Crippen LogP contribution in [-0.4, -0.2) is 61.5 Å². The Labute approximate surface area is 212 Å². The second kappa shape index (κ2) is 12.2. The summed E-state index contributed by atoms with van der Waals surface area (Å²) in [5.74, 6) is 0.759. The van der Waals surface area contributed by atoms with Gasteiger partial charge in [-0.25, -0.2) is 0 Å². The number of morpholine rings is 1. The van der Waals surface area contributed by atoms with E-state index in [9.17, 15) is 4.79 Å². The van der Waals surface area contributed by atoms with Crippen molar-refractivity contribution in [2.24, 2.45) is 0 Å². The quantitative estimate of drug-likeness (QED) is 0.396. The number of methoxy groups -OCH3 is 1. The lowest BCUT2D eigenvalue weighted by Gasteiger charge is -2.29. The van der Waals surface area contributed by atoms with Crippen LogP contribution >= 0.6 is 12.2 Å². The molecule has 0 saturated carbocycles. The molecule has 186 valence electrons. The molecule has 1 unspecified atom stereocenters. The summed E-state index contributed by atoms with van der Waals surface area (Å²) in [4.78, 5) is 19.6. The van der Waals surface area contributed by atoms with Crippen molar-refractivity contribution in [3.63, 3.8) is 0 Å². The van der Waals surface area contributed by atoms with Crippen LogP contribution in [-0.2, 0) is 11.3 Å². The first-order valence-corrected chi connectivity index (χ1v) is 12.7. The number of pyridine rings is 1. The fourth-order valence-corrected chi connectivity index (χ4v) is 4.80. The highest BCUT2D eigenvalue weighted by atomic mass is 32.1. The third-order valence-corrected chi connectivity index (χ3v) is 6.95. The third-order valence-electron chi connectivity index (χ3n) is 6.57. The Balaban J connectivity index is 1.51. The van der Waals surface area contributed by atoms with E-state index >= 15 is 0 Å². The zero-order chi connectivity index (χ0) is 24.6. The Morgan fingerprint density at radius 1 is 1.20 bits per heavy atom. The average Bonchev–Trinajstić information content (AvgIpc) is 2.89. The zero-order valence-electron chi connectivity index (χ0n) is 20.5. The second-order valence-corrected chi connectivity index (χ2v) is 9.43. The van der Waals surface area contributed by atoms with E-state index < -0.39 is 0 Å². The standard InChI is InChI=1S/C27H34N4O3S/c1-20(21-7-4-3-5-8-21)28-27(35)31(12-6-11-30-13-15-34-16-14-30)19-23-17-22-18-24(33-2)9-10-25(22)29-26(23)32/h3-5,7-10,17-18,20H,6,11-16,19H2,1-2H3,(H,28,35)(H,29,32)/p+1. The van der Waals surface area contributed by atoms with Crippen LogP contribution in [0.2, 0.25) is 0 Å². The highest BCUT2D eigenvalue weighted by Gasteiger charge is 2.18.